The molecule has 12 heteroatoms. The molecule has 1 amide bonds. The maximum Gasteiger partial charge on any atom is 0.471 e. The molecule has 0 aliphatic rings. The van der Waals surface area contributed by atoms with Gasteiger partial charge in [0.1, 0.15) is 5.65 Å². The summed E-state index contributed by atoms with van der Waals surface area (Å²) in [6.45, 7) is 0.122. The lowest BCUT2D eigenvalue weighted by molar-refractivity contribution is -0.159. The fraction of sp³-hybridized carbons (Fsp3) is 0.111. The number of hydrogen-bond acceptors (Lipinski definition) is 5. The van der Waals surface area contributed by atoms with Gasteiger partial charge in [-0.25, -0.2) is 4.98 Å². The van der Waals surface area contributed by atoms with Gasteiger partial charge in [-0.1, -0.05) is 28.4 Å². The van der Waals surface area contributed by atoms with E-state index in [2.05, 4.69) is 25.0 Å². The highest BCUT2D eigenvalue weighted by atomic mass is 35.5. The molecule has 154 valence electrons. The Kier molecular flexibility index (Phi) is 5.12. The molecule has 4 rings (SSSR count). The number of pyridine rings is 1. The summed E-state index contributed by atoms with van der Waals surface area (Å²) >= 11 is 11.8. The Balaban J connectivity index is 1.50. The number of halogens is 5. The smallest absolute Gasteiger partial charge is 0.346 e. The number of rotatable bonds is 4. The van der Waals surface area contributed by atoms with Crippen molar-refractivity contribution in [2.75, 3.05) is 0 Å². The second-order valence-electron chi connectivity index (χ2n) is 6.15. The van der Waals surface area contributed by atoms with Gasteiger partial charge in [0.15, 0.2) is 0 Å². The number of carbonyl (C=O) groups excluding carboxylic acids is 1. The molecule has 0 spiro atoms. The number of carbonyl (C=O) groups is 1. The van der Waals surface area contributed by atoms with E-state index in [1.165, 1.54) is 24.4 Å². The molecule has 0 radical (unpaired) electrons. The van der Waals surface area contributed by atoms with Crippen molar-refractivity contribution in [3.63, 3.8) is 0 Å². The molecule has 0 atom stereocenters. The van der Waals surface area contributed by atoms with Crippen molar-refractivity contribution in [3.05, 3.63) is 69.9 Å². The number of alkyl halides is 3. The molecule has 7 nitrogen and oxygen atoms in total. The van der Waals surface area contributed by atoms with Gasteiger partial charge >= 0.3 is 12.1 Å². The summed E-state index contributed by atoms with van der Waals surface area (Å²) in [6, 6.07) is 7.62. The Morgan fingerprint density at radius 2 is 1.90 bits per heavy atom. The third-order valence-corrected chi connectivity index (χ3v) is 4.78. The molecule has 0 fully saturated rings. The van der Waals surface area contributed by atoms with Gasteiger partial charge in [0.2, 0.25) is 5.82 Å². The van der Waals surface area contributed by atoms with Gasteiger partial charge in [0.25, 0.3) is 5.91 Å². The van der Waals surface area contributed by atoms with E-state index in [0.717, 1.165) is 0 Å². The van der Waals surface area contributed by atoms with Gasteiger partial charge in [-0.3, -0.25) is 4.79 Å². The molecular weight excluding hydrogens is 446 g/mol. The maximum atomic E-state index is 12.6. The molecule has 3 aromatic heterocycles. The largest absolute Gasteiger partial charge is 0.471 e. The number of imidazole rings is 1. The van der Waals surface area contributed by atoms with Crippen LogP contribution in [0.15, 0.2) is 47.2 Å². The van der Waals surface area contributed by atoms with Crippen molar-refractivity contribution in [3.8, 4) is 11.4 Å². The van der Waals surface area contributed by atoms with Crippen molar-refractivity contribution in [2.24, 2.45) is 0 Å². The summed E-state index contributed by atoms with van der Waals surface area (Å²) in [4.78, 5) is 20.0. The van der Waals surface area contributed by atoms with Gasteiger partial charge in [0.05, 0.1) is 22.3 Å². The summed E-state index contributed by atoms with van der Waals surface area (Å²) in [6.07, 6.45) is -1.58. The normalized spacial score (nSPS) is 11.8. The summed E-state index contributed by atoms with van der Waals surface area (Å²) < 4.78 is 43.7. The first kappa shape index (κ1) is 20.2. The van der Waals surface area contributed by atoms with Crippen LogP contribution in [-0.4, -0.2) is 25.4 Å². The minimum atomic E-state index is -4.72. The predicted molar refractivity (Wildman–Crippen MR) is 101 cm³/mol. The minimum Gasteiger partial charge on any atom is -0.346 e. The van der Waals surface area contributed by atoms with E-state index in [4.69, 9.17) is 23.2 Å². The van der Waals surface area contributed by atoms with Crippen LogP contribution in [0.2, 0.25) is 10.0 Å². The van der Waals surface area contributed by atoms with Crippen molar-refractivity contribution in [1.29, 1.82) is 0 Å². The van der Waals surface area contributed by atoms with Crippen LogP contribution in [0.25, 0.3) is 17.0 Å². The zero-order valence-corrected chi connectivity index (χ0v) is 16.3. The number of amides is 1. The van der Waals surface area contributed by atoms with E-state index in [1.54, 1.807) is 22.7 Å². The van der Waals surface area contributed by atoms with E-state index < -0.39 is 12.1 Å². The maximum absolute atomic E-state index is 12.6. The van der Waals surface area contributed by atoms with E-state index >= 15 is 0 Å². The summed E-state index contributed by atoms with van der Waals surface area (Å²) in [5, 5.41) is 6.67. The van der Waals surface area contributed by atoms with Crippen molar-refractivity contribution in [1.82, 2.24) is 24.8 Å². The van der Waals surface area contributed by atoms with Crippen molar-refractivity contribution >= 4 is 34.8 Å². The lowest BCUT2D eigenvalue weighted by atomic mass is 10.2. The van der Waals surface area contributed by atoms with Crippen LogP contribution in [0.3, 0.4) is 0 Å². The number of nitrogens with one attached hydrogen (secondary N) is 1. The van der Waals surface area contributed by atoms with Crippen LogP contribution in [0.1, 0.15) is 21.9 Å². The van der Waals surface area contributed by atoms with E-state index in [0.29, 0.717) is 27.5 Å². The van der Waals surface area contributed by atoms with Crippen LogP contribution in [-0.2, 0) is 12.7 Å². The first-order chi connectivity index (χ1) is 14.2. The molecule has 30 heavy (non-hydrogen) atoms. The van der Waals surface area contributed by atoms with Crippen LogP contribution >= 0.6 is 23.2 Å². The number of hydrogen-bond donors (Lipinski definition) is 1. The van der Waals surface area contributed by atoms with Crippen LogP contribution in [0.5, 0.6) is 0 Å². The van der Waals surface area contributed by atoms with Gasteiger partial charge in [-0.05, 0) is 30.3 Å². The van der Waals surface area contributed by atoms with E-state index in [1.807, 2.05) is 0 Å². The monoisotopic (exact) mass is 455 g/mol. The van der Waals surface area contributed by atoms with Gasteiger partial charge < -0.3 is 14.2 Å². The van der Waals surface area contributed by atoms with Crippen LogP contribution < -0.4 is 5.32 Å². The molecule has 0 saturated carbocycles. The Morgan fingerprint density at radius 1 is 1.10 bits per heavy atom. The molecule has 3 heterocycles. The number of fused-ring (bicyclic) bond motifs is 1. The standard InChI is InChI=1S/C18H10Cl2F3N5O2/c19-12-3-1-9(5-13(12)20)16(29)24-6-11-8-28-7-10(2-4-14(28)25-11)15-26-17(30-27-15)18(21,22)23/h1-5,7-8H,6H2,(H,24,29). The molecule has 1 aromatic carbocycles. The Labute approximate surface area is 176 Å². The van der Waals surface area contributed by atoms with Gasteiger partial charge in [0, 0.05) is 23.5 Å². The lowest BCUT2D eigenvalue weighted by Crippen LogP contribution is -2.22. The SMILES string of the molecule is O=C(NCc1cn2cc(-c3noc(C(F)(F)F)n3)ccc2n1)c1ccc(Cl)c(Cl)c1. The molecule has 0 saturated heterocycles. The molecular formula is C18H10Cl2F3N5O2. The number of benzene rings is 1. The minimum absolute atomic E-state index is 0.122. The topological polar surface area (TPSA) is 85.3 Å². The quantitative estimate of drug-likeness (QED) is 0.484. The first-order valence-corrected chi connectivity index (χ1v) is 9.08. The zero-order chi connectivity index (χ0) is 21.5. The zero-order valence-electron chi connectivity index (χ0n) is 14.7. The fourth-order valence-corrected chi connectivity index (χ4v) is 2.93. The van der Waals surface area contributed by atoms with Crippen molar-refractivity contribution < 1.29 is 22.5 Å². The lowest BCUT2D eigenvalue weighted by Gasteiger charge is -2.04. The Hall–Kier alpha value is -3.11. The highest BCUT2D eigenvalue weighted by molar-refractivity contribution is 6.42. The highest BCUT2D eigenvalue weighted by Crippen LogP contribution is 2.29. The first-order valence-electron chi connectivity index (χ1n) is 8.33. The highest BCUT2D eigenvalue weighted by Gasteiger charge is 2.38. The Morgan fingerprint density at radius 3 is 2.60 bits per heavy atom. The predicted octanol–water partition coefficient (Wildman–Crippen LogP) is 4.64. The molecule has 0 aliphatic heterocycles. The van der Waals surface area contributed by atoms with E-state index in [9.17, 15) is 18.0 Å². The molecule has 1 N–H and O–H groups in total. The third kappa shape index (κ3) is 4.10. The fourth-order valence-electron chi connectivity index (χ4n) is 2.63. The third-order valence-electron chi connectivity index (χ3n) is 4.04. The summed E-state index contributed by atoms with van der Waals surface area (Å²) in [5.41, 5.74) is 1.71. The molecule has 0 aliphatic carbocycles. The van der Waals surface area contributed by atoms with Crippen LogP contribution in [0.4, 0.5) is 13.2 Å². The van der Waals surface area contributed by atoms with E-state index in [-0.39, 0.29) is 23.3 Å². The summed E-state index contributed by atoms with van der Waals surface area (Å²) in [5.74, 6) is -1.99. The molecule has 0 unspecified atom stereocenters. The summed E-state index contributed by atoms with van der Waals surface area (Å²) in [7, 11) is 0. The molecule has 4 aromatic rings. The Bertz CT molecular complexity index is 1250. The van der Waals surface area contributed by atoms with Crippen LogP contribution in [0, 0.1) is 0 Å². The number of aromatic nitrogens is 4. The molecule has 0 bridgehead atoms. The number of nitrogens with zero attached hydrogens (tertiary/aromatic N) is 4. The van der Waals surface area contributed by atoms with Gasteiger partial charge in [-0.2, -0.15) is 18.2 Å². The second-order valence-corrected chi connectivity index (χ2v) is 6.96. The average molecular weight is 456 g/mol. The van der Waals surface area contributed by atoms with Crippen molar-refractivity contribution in [2.45, 2.75) is 12.7 Å². The second kappa shape index (κ2) is 7.62. The average Bonchev–Trinajstić information content (AvgIpc) is 3.34. The van der Waals surface area contributed by atoms with Gasteiger partial charge in [-0.15, -0.1) is 0 Å².